The summed E-state index contributed by atoms with van der Waals surface area (Å²) in [6.45, 7) is 0. The summed E-state index contributed by atoms with van der Waals surface area (Å²) in [6.07, 6.45) is 0. The van der Waals surface area contributed by atoms with Crippen LogP contribution in [0.4, 0.5) is 0 Å². The standard InChI is InChI=1S/C3H3NOS/c5-3-1-6-2-4-3/h1H2,(H,4,5). The highest BCUT2D eigenvalue weighted by atomic mass is 32.2. The Morgan fingerprint density at radius 3 is 3.00 bits per heavy atom. The van der Waals surface area contributed by atoms with E-state index in [4.69, 9.17) is 0 Å². The predicted molar refractivity (Wildman–Crippen MR) is 23.8 cm³/mol. The Balaban J connectivity index is 2.37. The quantitative estimate of drug-likeness (QED) is 0.459. The van der Waals surface area contributed by atoms with Gasteiger partial charge in [0.05, 0.1) is 5.75 Å². The van der Waals surface area contributed by atoms with Crippen LogP contribution in [0.25, 0.3) is 0 Å². The van der Waals surface area contributed by atoms with Crippen LogP contribution in [0.5, 0.6) is 0 Å². The second-order valence-corrected chi connectivity index (χ2v) is 1.72. The van der Waals surface area contributed by atoms with Gasteiger partial charge in [-0.2, -0.15) is 0 Å². The number of amides is 1. The Kier molecular flexibility index (Phi) is 1.01. The SMILES string of the molecule is O=C1CS[C]N1. The molecule has 1 aliphatic rings. The molecule has 1 heterocycles. The first-order chi connectivity index (χ1) is 2.89. The second kappa shape index (κ2) is 1.51. The zero-order valence-electron chi connectivity index (χ0n) is 3.02. The monoisotopic (exact) mass is 101 g/mol. The fraction of sp³-hybridized carbons (Fsp3) is 0.333. The number of thioether (sulfide) groups is 1. The van der Waals surface area contributed by atoms with E-state index < -0.39 is 0 Å². The molecule has 3 heteroatoms. The summed E-state index contributed by atoms with van der Waals surface area (Å²) in [5, 5.41) is 2.39. The minimum Gasteiger partial charge on any atom is -0.335 e. The molecule has 1 fully saturated rings. The first kappa shape index (κ1) is 3.99. The molecule has 0 aromatic carbocycles. The second-order valence-electron chi connectivity index (χ2n) is 0.939. The number of rotatable bonds is 0. The maximum Gasteiger partial charge on any atom is 0.231 e. The Morgan fingerprint density at radius 2 is 2.83 bits per heavy atom. The largest absolute Gasteiger partial charge is 0.335 e. The molecule has 6 heavy (non-hydrogen) atoms. The third kappa shape index (κ3) is 0.653. The summed E-state index contributed by atoms with van der Waals surface area (Å²) >= 11 is 1.37. The van der Waals surface area contributed by atoms with Gasteiger partial charge in [-0.3, -0.25) is 4.79 Å². The zero-order valence-corrected chi connectivity index (χ0v) is 3.84. The van der Waals surface area contributed by atoms with Crippen molar-refractivity contribution in [3.63, 3.8) is 0 Å². The van der Waals surface area contributed by atoms with Crippen molar-refractivity contribution in [2.75, 3.05) is 5.75 Å². The Hall–Kier alpha value is -0.180. The van der Waals surface area contributed by atoms with Gasteiger partial charge in [-0.1, -0.05) is 0 Å². The van der Waals surface area contributed by atoms with E-state index in [2.05, 4.69) is 11.2 Å². The van der Waals surface area contributed by atoms with Crippen LogP contribution in [-0.4, -0.2) is 11.7 Å². The van der Waals surface area contributed by atoms with E-state index in [-0.39, 0.29) is 5.91 Å². The van der Waals surface area contributed by atoms with Crippen LogP contribution < -0.4 is 5.32 Å². The number of hydrogen-bond donors (Lipinski definition) is 1. The molecule has 0 atom stereocenters. The average Bonchev–Trinajstić information content (AvgIpc) is 1.86. The molecule has 0 aromatic heterocycles. The molecule has 1 aliphatic heterocycles. The lowest BCUT2D eigenvalue weighted by molar-refractivity contribution is -0.117. The summed E-state index contributed by atoms with van der Waals surface area (Å²) in [6, 6.07) is 0. The Labute approximate surface area is 40.3 Å². The van der Waals surface area contributed by atoms with E-state index in [9.17, 15) is 4.79 Å². The highest BCUT2D eigenvalue weighted by Crippen LogP contribution is 2.07. The molecule has 1 N–H and O–H groups in total. The maximum absolute atomic E-state index is 10.0. The predicted octanol–water partition coefficient (Wildman–Crippen LogP) is -0.154. The van der Waals surface area contributed by atoms with Crippen LogP contribution in [-0.2, 0) is 4.79 Å². The van der Waals surface area contributed by atoms with Crippen LogP contribution in [0, 0.1) is 5.88 Å². The fourth-order valence-corrected chi connectivity index (χ4v) is 0.692. The van der Waals surface area contributed by atoms with Crippen molar-refractivity contribution < 1.29 is 4.79 Å². The van der Waals surface area contributed by atoms with Gasteiger partial charge in [-0.05, 0) is 0 Å². The van der Waals surface area contributed by atoms with Crippen LogP contribution in [0.3, 0.4) is 0 Å². The van der Waals surface area contributed by atoms with Crippen LogP contribution in [0.2, 0.25) is 0 Å². The van der Waals surface area contributed by atoms with Crippen molar-refractivity contribution in [1.82, 2.24) is 5.32 Å². The highest BCUT2D eigenvalue weighted by molar-refractivity contribution is 8.02. The Bertz CT molecular complexity index is 65.2. The fourth-order valence-electron chi connectivity index (χ4n) is 0.231. The summed E-state index contributed by atoms with van der Waals surface area (Å²) in [5.74, 6) is 3.19. The lowest BCUT2D eigenvalue weighted by Crippen LogP contribution is -2.11. The van der Waals surface area contributed by atoms with Gasteiger partial charge >= 0.3 is 0 Å². The zero-order chi connectivity index (χ0) is 4.41. The van der Waals surface area contributed by atoms with Crippen molar-refractivity contribution in [1.29, 1.82) is 0 Å². The van der Waals surface area contributed by atoms with Gasteiger partial charge in [0.15, 0.2) is 5.88 Å². The van der Waals surface area contributed by atoms with Crippen molar-refractivity contribution in [3.05, 3.63) is 5.88 Å². The molecular formula is C3H3NOS. The molecule has 0 aliphatic carbocycles. The first-order valence-corrected chi connectivity index (χ1v) is 2.54. The molecule has 1 rings (SSSR count). The lowest BCUT2D eigenvalue weighted by atomic mass is 10.7. The molecule has 0 saturated carbocycles. The summed E-state index contributed by atoms with van der Waals surface area (Å²) in [4.78, 5) is 10.0. The van der Waals surface area contributed by atoms with Gasteiger partial charge in [0.1, 0.15) is 0 Å². The third-order valence-corrected chi connectivity index (χ3v) is 1.12. The van der Waals surface area contributed by atoms with Crippen molar-refractivity contribution in [2.45, 2.75) is 0 Å². The molecule has 1 amide bonds. The van der Waals surface area contributed by atoms with Crippen LogP contribution in [0.15, 0.2) is 0 Å². The molecule has 2 radical (unpaired) electrons. The number of carbonyl (C=O) groups is 1. The van der Waals surface area contributed by atoms with Gasteiger partial charge in [0, 0.05) is 0 Å². The van der Waals surface area contributed by atoms with Crippen molar-refractivity contribution in [3.8, 4) is 0 Å². The van der Waals surface area contributed by atoms with E-state index in [0.29, 0.717) is 5.75 Å². The maximum atomic E-state index is 10.0. The van der Waals surface area contributed by atoms with E-state index in [1.54, 1.807) is 0 Å². The van der Waals surface area contributed by atoms with Gasteiger partial charge in [-0.15, -0.1) is 11.8 Å². The van der Waals surface area contributed by atoms with E-state index in [0.717, 1.165) is 0 Å². The molecule has 32 valence electrons. The number of hydrogen-bond acceptors (Lipinski definition) is 2. The molecule has 0 aromatic rings. The summed E-state index contributed by atoms with van der Waals surface area (Å²) in [7, 11) is 0. The normalized spacial score (nSPS) is 21.0. The number of carbonyl (C=O) groups excluding carboxylic acids is 1. The molecular weight excluding hydrogens is 98.1 g/mol. The van der Waals surface area contributed by atoms with E-state index in [1.807, 2.05) is 0 Å². The molecule has 2 nitrogen and oxygen atoms in total. The van der Waals surface area contributed by atoms with Crippen LogP contribution in [0.1, 0.15) is 0 Å². The average molecular weight is 101 g/mol. The smallest absolute Gasteiger partial charge is 0.231 e. The van der Waals surface area contributed by atoms with E-state index in [1.165, 1.54) is 11.8 Å². The lowest BCUT2D eigenvalue weighted by Gasteiger charge is -1.76. The highest BCUT2D eigenvalue weighted by Gasteiger charge is 2.07. The topological polar surface area (TPSA) is 29.1 Å². The van der Waals surface area contributed by atoms with E-state index >= 15 is 0 Å². The summed E-state index contributed by atoms with van der Waals surface area (Å²) in [5.41, 5.74) is 0. The van der Waals surface area contributed by atoms with Gasteiger partial charge < -0.3 is 5.32 Å². The minimum atomic E-state index is 0.0556. The van der Waals surface area contributed by atoms with Gasteiger partial charge in [0.2, 0.25) is 5.91 Å². The first-order valence-electron chi connectivity index (χ1n) is 1.55. The van der Waals surface area contributed by atoms with Crippen molar-refractivity contribution in [2.24, 2.45) is 0 Å². The minimum absolute atomic E-state index is 0.0556. The third-order valence-electron chi connectivity index (χ3n) is 0.466. The van der Waals surface area contributed by atoms with Crippen molar-refractivity contribution >= 4 is 17.7 Å². The summed E-state index contributed by atoms with van der Waals surface area (Å²) < 4.78 is 0. The Morgan fingerprint density at radius 1 is 2.00 bits per heavy atom. The molecule has 0 spiro atoms. The van der Waals surface area contributed by atoms with Gasteiger partial charge in [0.25, 0.3) is 0 Å². The number of nitrogens with one attached hydrogen (secondary N) is 1. The molecule has 1 saturated heterocycles. The molecule has 0 bridgehead atoms. The van der Waals surface area contributed by atoms with Crippen LogP contribution >= 0.6 is 11.8 Å². The van der Waals surface area contributed by atoms with Gasteiger partial charge in [-0.25, -0.2) is 0 Å². The molecule has 0 unspecified atom stereocenters.